The first-order valence-electron chi connectivity index (χ1n) is 7.67. The fraction of sp³-hybridized carbons (Fsp3) is 0.294. The number of rotatable bonds is 3. The van der Waals surface area contributed by atoms with Crippen molar-refractivity contribution < 1.29 is 9.53 Å². The molecule has 1 aromatic heterocycles. The van der Waals surface area contributed by atoms with Crippen molar-refractivity contribution in [2.45, 2.75) is 18.9 Å². The van der Waals surface area contributed by atoms with E-state index in [1.165, 1.54) is 6.20 Å². The summed E-state index contributed by atoms with van der Waals surface area (Å²) in [4.78, 5) is 18.4. The normalized spacial score (nSPS) is 14.2. The zero-order valence-electron chi connectivity index (χ0n) is 13.7. The number of benzene rings is 1. The number of carbonyl (C=O) groups excluding carboxylic acids is 1. The summed E-state index contributed by atoms with van der Waals surface area (Å²) in [6, 6.07) is 8.63. The number of piperidine rings is 1. The van der Waals surface area contributed by atoms with Crippen molar-refractivity contribution in [2.75, 3.05) is 13.1 Å². The van der Waals surface area contributed by atoms with Gasteiger partial charge in [0.05, 0.1) is 10.6 Å². The van der Waals surface area contributed by atoms with Crippen LogP contribution < -0.4 is 10.5 Å². The second-order valence-electron chi connectivity index (χ2n) is 5.67. The minimum atomic E-state index is -0.0401. The molecule has 0 aliphatic carbocycles. The van der Waals surface area contributed by atoms with Crippen molar-refractivity contribution in [1.82, 2.24) is 9.88 Å². The Balaban J connectivity index is 0.00000169. The number of nitrogens with zero attached hydrogens (tertiary/aromatic N) is 2. The molecule has 1 aliphatic rings. The average Bonchev–Trinajstić information content (AvgIpc) is 2.60. The summed E-state index contributed by atoms with van der Waals surface area (Å²) < 4.78 is 5.62. The SMILES string of the molecule is Cl.Cl.NC1CCN(C(=O)c2ccc(Oc3cccc(Cl)c3Cl)nc2)CC1. The van der Waals surface area contributed by atoms with Crippen molar-refractivity contribution in [3.63, 3.8) is 0 Å². The predicted octanol–water partition coefficient (Wildman–Crippen LogP) is 4.59. The van der Waals surface area contributed by atoms with Gasteiger partial charge >= 0.3 is 0 Å². The number of pyridine rings is 1. The molecule has 0 saturated carbocycles. The van der Waals surface area contributed by atoms with E-state index >= 15 is 0 Å². The third-order valence-corrected chi connectivity index (χ3v) is 4.74. The van der Waals surface area contributed by atoms with Gasteiger partial charge in [-0.3, -0.25) is 4.79 Å². The van der Waals surface area contributed by atoms with E-state index < -0.39 is 0 Å². The highest BCUT2D eigenvalue weighted by Crippen LogP contribution is 2.34. The molecule has 3 rings (SSSR count). The molecule has 1 fully saturated rings. The van der Waals surface area contributed by atoms with Crippen molar-refractivity contribution >= 4 is 53.9 Å². The monoisotopic (exact) mass is 437 g/mol. The number of halogens is 4. The van der Waals surface area contributed by atoms with Crippen LogP contribution in [-0.4, -0.2) is 34.9 Å². The molecule has 1 saturated heterocycles. The highest BCUT2D eigenvalue weighted by molar-refractivity contribution is 6.42. The molecule has 5 nitrogen and oxygen atoms in total. The fourth-order valence-electron chi connectivity index (χ4n) is 2.53. The number of carbonyl (C=O) groups is 1. The molecule has 142 valence electrons. The number of nitrogens with two attached hydrogens (primary N) is 1. The van der Waals surface area contributed by atoms with Gasteiger partial charge in [0.25, 0.3) is 5.91 Å². The van der Waals surface area contributed by atoms with Crippen LogP contribution >= 0.6 is 48.0 Å². The summed E-state index contributed by atoms with van der Waals surface area (Å²) in [5, 5.41) is 0.732. The van der Waals surface area contributed by atoms with E-state index in [0.717, 1.165) is 12.8 Å². The van der Waals surface area contributed by atoms with Crippen LogP contribution in [0, 0.1) is 0 Å². The van der Waals surface area contributed by atoms with Crippen LogP contribution in [0.15, 0.2) is 36.5 Å². The fourth-order valence-corrected chi connectivity index (χ4v) is 2.86. The number of likely N-dealkylation sites (tertiary alicyclic amines) is 1. The maximum atomic E-state index is 12.4. The van der Waals surface area contributed by atoms with Crippen LogP contribution in [0.1, 0.15) is 23.2 Å². The first-order valence-corrected chi connectivity index (χ1v) is 8.43. The van der Waals surface area contributed by atoms with Gasteiger partial charge < -0.3 is 15.4 Å². The molecule has 1 aliphatic heterocycles. The molecule has 0 bridgehead atoms. The lowest BCUT2D eigenvalue weighted by Crippen LogP contribution is -2.42. The molecule has 1 amide bonds. The van der Waals surface area contributed by atoms with E-state index in [1.807, 2.05) is 0 Å². The maximum absolute atomic E-state index is 12.4. The topological polar surface area (TPSA) is 68.5 Å². The average molecular weight is 439 g/mol. The minimum Gasteiger partial charge on any atom is -0.437 e. The summed E-state index contributed by atoms with van der Waals surface area (Å²) in [6.45, 7) is 1.35. The van der Waals surface area contributed by atoms with Crippen LogP contribution in [-0.2, 0) is 0 Å². The van der Waals surface area contributed by atoms with E-state index in [-0.39, 0.29) is 36.8 Å². The van der Waals surface area contributed by atoms with Crippen LogP contribution in [0.3, 0.4) is 0 Å². The molecule has 9 heteroatoms. The van der Waals surface area contributed by atoms with Gasteiger partial charge in [0.2, 0.25) is 5.88 Å². The van der Waals surface area contributed by atoms with Crippen molar-refractivity contribution in [1.29, 1.82) is 0 Å². The summed E-state index contributed by atoms with van der Waals surface area (Å²) >= 11 is 12.0. The number of hydrogen-bond acceptors (Lipinski definition) is 4. The lowest BCUT2D eigenvalue weighted by molar-refractivity contribution is 0.0714. The molecule has 0 unspecified atom stereocenters. The Morgan fingerprint density at radius 1 is 1.15 bits per heavy atom. The van der Waals surface area contributed by atoms with Gasteiger partial charge in [-0.15, -0.1) is 24.8 Å². The second-order valence-corrected chi connectivity index (χ2v) is 6.45. The molecule has 0 radical (unpaired) electrons. The zero-order valence-corrected chi connectivity index (χ0v) is 16.9. The second kappa shape index (κ2) is 10.2. The first kappa shape index (κ1) is 22.8. The van der Waals surface area contributed by atoms with Gasteiger partial charge in [0.15, 0.2) is 0 Å². The number of ether oxygens (including phenoxy) is 1. The van der Waals surface area contributed by atoms with E-state index in [2.05, 4.69) is 4.98 Å². The largest absolute Gasteiger partial charge is 0.437 e. The van der Waals surface area contributed by atoms with Gasteiger partial charge in [-0.2, -0.15) is 0 Å². The Kier molecular flexibility index (Phi) is 8.93. The predicted molar refractivity (Wildman–Crippen MR) is 108 cm³/mol. The summed E-state index contributed by atoms with van der Waals surface area (Å²) in [5.74, 6) is 0.721. The Bertz CT molecular complexity index is 735. The van der Waals surface area contributed by atoms with E-state index in [0.29, 0.717) is 40.3 Å². The third-order valence-electron chi connectivity index (χ3n) is 3.94. The van der Waals surface area contributed by atoms with Crippen LogP contribution in [0.4, 0.5) is 0 Å². The molecular formula is C17H19Cl4N3O2. The highest BCUT2D eigenvalue weighted by Gasteiger charge is 2.22. The Labute approximate surface area is 174 Å². The lowest BCUT2D eigenvalue weighted by atomic mass is 10.1. The molecule has 2 heterocycles. The quantitative estimate of drug-likeness (QED) is 0.760. The lowest BCUT2D eigenvalue weighted by Gasteiger charge is -2.30. The van der Waals surface area contributed by atoms with E-state index in [4.69, 9.17) is 33.7 Å². The maximum Gasteiger partial charge on any atom is 0.255 e. The molecule has 2 N–H and O–H groups in total. The molecular weight excluding hydrogens is 420 g/mol. The Hall–Kier alpha value is -1.24. The van der Waals surface area contributed by atoms with Gasteiger partial charge in [-0.25, -0.2) is 4.98 Å². The van der Waals surface area contributed by atoms with Gasteiger partial charge in [0, 0.05) is 31.4 Å². The third kappa shape index (κ3) is 5.38. The van der Waals surface area contributed by atoms with Crippen LogP contribution in [0.5, 0.6) is 11.6 Å². The number of amides is 1. The van der Waals surface area contributed by atoms with Gasteiger partial charge in [0.1, 0.15) is 10.8 Å². The summed E-state index contributed by atoms with van der Waals surface area (Å²) in [5.41, 5.74) is 6.39. The molecule has 2 aromatic rings. The molecule has 0 atom stereocenters. The van der Waals surface area contributed by atoms with Crippen molar-refractivity contribution in [3.8, 4) is 11.6 Å². The van der Waals surface area contributed by atoms with Crippen molar-refractivity contribution in [3.05, 3.63) is 52.1 Å². The molecule has 26 heavy (non-hydrogen) atoms. The van der Waals surface area contributed by atoms with E-state index in [9.17, 15) is 4.79 Å². The number of aromatic nitrogens is 1. The van der Waals surface area contributed by atoms with Crippen LogP contribution in [0.25, 0.3) is 0 Å². The summed E-state index contributed by atoms with van der Waals surface area (Å²) in [7, 11) is 0. The highest BCUT2D eigenvalue weighted by atomic mass is 35.5. The Morgan fingerprint density at radius 2 is 1.85 bits per heavy atom. The first-order chi connectivity index (χ1) is 11.5. The zero-order chi connectivity index (χ0) is 17.1. The minimum absolute atomic E-state index is 0. The van der Waals surface area contributed by atoms with Crippen molar-refractivity contribution in [2.24, 2.45) is 5.73 Å². The Morgan fingerprint density at radius 3 is 2.46 bits per heavy atom. The molecule has 1 aromatic carbocycles. The smallest absolute Gasteiger partial charge is 0.255 e. The summed E-state index contributed by atoms with van der Waals surface area (Å²) in [6.07, 6.45) is 3.16. The van der Waals surface area contributed by atoms with Gasteiger partial charge in [-0.05, 0) is 31.0 Å². The van der Waals surface area contributed by atoms with Gasteiger partial charge in [-0.1, -0.05) is 29.3 Å². The number of hydrogen-bond donors (Lipinski definition) is 1. The molecule has 0 spiro atoms. The van der Waals surface area contributed by atoms with E-state index in [1.54, 1.807) is 35.2 Å². The van der Waals surface area contributed by atoms with Crippen LogP contribution in [0.2, 0.25) is 10.0 Å². The standard InChI is InChI=1S/C17H17Cl2N3O2.2ClH/c18-13-2-1-3-14(16(13)19)24-15-5-4-11(10-21-15)17(23)22-8-6-12(20)7-9-22;;/h1-5,10,12H,6-9,20H2;2*1H.